The van der Waals surface area contributed by atoms with Gasteiger partial charge in [0.15, 0.2) is 15.7 Å². The fourth-order valence-corrected chi connectivity index (χ4v) is 4.17. The van der Waals surface area contributed by atoms with Crippen LogP contribution in [0.5, 0.6) is 0 Å². The minimum atomic E-state index is -4.78. The van der Waals surface area contributed by atoms with Gasteiger partial charge >= 0.3 is 11.7 Å². The number of thioether (sulfide) groups is 1. The van der Waals surface area contributed by atoms with Crippen LogP contribution in [0.15, 0.2) is 58.7 Å². The average Bonchev–Trinajstić information content (AvgIpc) is 3.16. The highest BCUT2D eigenvalue weighted by atomic mass is 32.2. The van der Waals surface area contributed by atoms with Crippen molar-refractivity contribution in [3.63, 3.8) is 0 Å². The predicted octanol–water partition coefficient (Wildman–Crippen LogP) is 5.36. The van der Waals surface area contributed by atoms with Gasteiger partial charge in [-0.2, -0.15) is 31.4 Å². The number of alkyl halides is 6. The molecule has 5 nitrogen and oxygen atoms in total. The molecule has 0 unspecified atom stereocenters. The van der Waals surface area contributed by atoms with Gasteiger partial charge in [-0.25, -0.2) is 18.1 Å². The van der Waals surface area contributed by atoms with E-state index in [4.69, 9.17) is 0 Å². The smallest absolute Gasteiger partial charge is 0.235 e. The minimum Gasteiger partial charge on any atom is -0.235 e. The van der Waals surface area contributed by atoms with Gasteiger partial charge in [0.25, 0.3) is 0 Å². The van der Waals surface area contributed by atoms with Crippen molar-refractivity contribution in [2.45, 2.75) is 28.4 Å². The van der Waals surface area contributed by atoms with Gasteiger partial charge < -0.3 is 0 Å². The van der Waals surface area contributed by atoms with Crippen LogP contribution in [0.4, 0.5) is 26.3 Å². The van der Waals surface area contributed by atoms with Crippen LogP contribution < -0.4 is 0 Å². The lowest BCUT2D eigenvalue weighted by atomic mass is 10.1. The van der Waals surface area contributed by atoms with E-state index in [1.165, 1.54) is 43.6 Å². The van der Waals surface area contributed by atoms with Crippen molar-refractivity contribution >= 4 is 21.6 Å². The number of aromatic nitrogens is 3. The molecule has 0 radical (unpaired) electrons. The highest BCUT2D eigenvalue weighted by Crippen LogP contribution is 2.37. The Bertz CT molecular complexity index is 1190. The topological polar surface area (TPSA) is 64.8 Å². The number of nitrogens with zero attached hydrogens (tertiary/aromatic N) is 3. The average molecular weight is 481 g/mol. The Hall–Kier alpha value is -2.54. The van der Waals surface area contributed by atoms with E-state index in [1.807, 2.05) is 0 Å². The summed E-state index contributed by atoms with van der Waals surface area (Å²) in [5, 5.41) is 3.97. The van der Waals surface area contributed by atoms with E-state index in [0.29, 0.717) is 23.4 Å². The van der Waals surface area contributed by atoms with E-state index in [2.05, 4.69) is 10.1 Å². The fraction of sp³-hybridized carbons (Fsp3) is 0.222. The number of sulfone groups is 1. The zero-order valence-electron chi connectivity index (χ0n) is 15.6. The van der Waals surface area contributed by atoms with Crippen LogP contribution in [0.1, 0.15) is 12.5 Å². The summed E-state index contributed by atoms with van der Waals surface area (Å²) in [5.41, 5.74) is -4.76. The first-order valence-electron chi connectivity index (χ1n) is 8.51. The minimum absolute atomic E-state index is 0.0237. The first kappa shape index (κ1) is 23.1. The Morgan fingerprint density at radius 2 is 1.65 bits per heavy atom. The molecule has 13 heteroatoms. The molecule has 0 N–H and O–H groups in total. The number of hydrogen-bond donors (Lipinski definition) is 0. The first-order valence-corrected chi connectivity index (χ1v) is 11.0. The molecule has 31 heavy (non-hydrogen) atoms. The lowest BCUT2D eigenvalue weighted by Gasteiger charge is -2.12. The van der Waals surface area contributed by atoms with Crippen molar-refractivity contribution in [1.29, 1.82) is 0 Å². The Kier molecular flexibility index (Phi) is 6.11. The standard InChI is InChI=1S/C18H13F6N3O2S2/c1-2-31(28,29)15-7-13(17(19,20)21)9-25-16(15)27-10-12(8-26-27)11-3-5-14(6-4-11)30-18(22,23)24/h3-10H,2H2,1H3. The maximum absolute atomic E-state index is 13.0. The third-order valence-corrected chi connectivity index (χ3v) is 6.57. The van der Waals surface area contributed by atoms with Gasteiger partial charge in [-0.1, -0.05) is 19.1 Å². The second-order valence-corrected chi connectivity index (χ2v) is 9.58. The van der Waals surface area contributed by atoms with Crippen molar-refractivity contribution in [2.24, 2.45) is 0 Å². The van der Waals surface area contributed by atoms with Crippen molar-refractivity contribution in [3.8, 4) is 16.9 Å². The molecule has 1 aromatic carbocycles. The summed E-state index contributed by atoms with van der Waals surface area (Å²) in [6.07, 6.45) is -1.65. The summed E-state index contributed by atoms with van der Waals surface area (Å²) in [4.78, 5) is 3.01. The summed E-state index contributed by atoms with van der Waals surface area (Å²) in [7, 11) is -4.07. The molecule has 2 aromatic heterocycles. The Balaban J connectivity index is 2.00. The van der Waals surface area contributed by atoms with Crippen molar-refractivity contribution in [2.75, 3.05) is 5.75 Å². The number of pyridine rings is 1. The number of hydrogen-bond acceptors (Lipinski definition) is 5. The Labute approximate surface area is 177 Å². The molecule has 0 aliphatic heterocycles. The normalized spacial score (nSPS) is 12.9. The van der Waals surface area contributed by atoms with Crippen LogP contribution in [0, 0.1) is 0 Å². The van der Waals surface area contributed by atoms with E-state index in [9.17, 15) is 34.8 Å². The van der Waals surface area contributed by atoms with Gasteiger partial charge in [0.1, 0.15) is 4.90 Å². The monoisotopic (exact) mass is 481 g/mol. The third kappa shape index (κ3) is 5.39. The molecule has 0 saturated heterocycles. The van der Waals surface area contributed by atoms with Crippen LogP contribution in [-0.4, -0.2) is 34.4 Å². The summed E-state index contributed by atoms with van der Waals surface area (Å²) in [5.74, 6) is -0.763. The molecule has 3 rings (SSSR count). The molecule has 0 bridgehead atoms. The van der Waals surface area contributed by atoms with E-state index >= 15 is 0 Å². The maximum Gasteiger partial charge on any atom is 0.446 e. The first-order chi connectivity index (χ1) is 14.3. The second-order valence-electron chi connectivity index (χ2n) is 6.19. The van der Waals surface area contributed by atoms with Crippen LogP contribution in [0.2, 0.25) is 0 Å². The van der Waals surface area contributed by atoms with Gasteiger partial charge in [-0.15, -0.1) is 0 Å². The summed E-state index contributed by atoms with van der Waals surface area (Å²) >= 11 is -0.272. The summed E-state index contributed by atoms with van der Waals surface area (Å²) in [6, 6.07) is 5.85. The number of benzene rings is 1. The van der Waals surface area contributed by atoms with Crippen molar-refractivity contribution in [3.05, 3.63) is 54.5 Å². The van der Waals surface area contributed by atoms with E-state index in [0.717, 1.165) is 4.68 Å². The molecule has 0 saturated carbocycles. The zero-order chi connectivity index (χ0) is 23.0. The molecule has 0 spiro atoms. The zero-order valence-corrected chi connectivity index (χ0v) is 17.2. The largest absolute Gasteiger partial charge is 0.446 e. The fourth-order valence-electron chi connectivity index (χ4n) is 2.59. The van der Waals surface area contributed by atoms with E-state index in [-0.39, 0.29) is 22.5 Å². The Morgan fingerprint density at radius 1 is 1.00 bits per heavy atom. The molecule has 0 fully saturated rings. The van der Waals surface area contributed by atoms with Crippen LogP contribution in [-0.2, 0) is 16.0 Å². The summed E-state index contributed by atoms with van der Waals surface area (Å²) < 4.78 is 102. The Morgan fingerprint density at radius 3 is 2.19 bits per heavy atom. The third-order valence-electron chi connectivity index (χ3n) is 4.10. The van der Waals surface area contributed by atoms with E-state index < -0.39 is 37.7 Å². The van der Waals surface area contributed by atoms with Gasteiger partial charge in [0.05, 0.1) is 17.5 Å². The predicted molar refractivity (Wildman–Crippen MR) is 101 cm³/mol. The molecule has 0 atom stereocenters. The van der Waals surface area contributed by atoms with Gasteiger partial charge in [-0.3, -0.25) is 0 Å². The second kappa shape index (κ2) is 8.19. The molecule has 2 heterocycles. The molecule has 0 aliphatic rings. The van der Waals surface area contributed by atoms with Gasteiger partial charge in [0, 0.05) is 22.9 Å². The lowest BCUT2D eigenvalue weighted by Crippen LogP contribution is -2.14. The highest BCUT2D eigenvalue weighted by molar-refractivity contribution is 8.00. The van der Waals surface area contributed by atoms with Gasteiger partial charge in [0.2, 0.25) is 0 Å². The van der Waals surface area contributed by atoms with Crippen LogP contribution in [0.3, 0.4) is 0 Å². The maximum atomic E-state index is 13.0. The van der Waals surface area contributed by atoms with Crippen LogP contribution >= 0.6 is 11.8 Å². The van der Waals surface area contributed by atoms with Gasteiger partial charge in [-0.05, 0) is 35.5 Å². The molecule has 166 valence electrons. The van der Waals surface area contributed by atoms with E-state index in [1.54, 1.807) is 0 Å². The van der Waals surface area contributed by atoms with Crippen molar-refractivity contribution in [1.82, 2.24) is 14.8 Å². The van der Waals surface area contributed by atoms with Crippen molar-refractivity contribution < 1.29 is 34.8 Å². The molecule has 0 aliphatic carbocycles. The molecular weight excluding hydrogens is 468 g/mol. The molecular formula is C18H13F6N3O2S2. The molecule has 3 aromatic rings. The molecule has 0 amide bonds. The summed E-state index contributed by atoms with van der Waals surface area (Å²) in [6.45, 7) is 1.29. The lowest BCUT2D eigenvalue weighted by molar-refractivity contribution is -0.138. The quantitative estimate of drug-likeness (QED) is 0.363. The van der Waals surface area contributed by atoms with Crippen LogP contribution in [0.25, 0.3) is 16.9 Å². The SMILES string of the molecule is CCS(=O)(=O)c1cc(C(F)(F)F)cnc1-n1cc(-c2ccc(SC(F)(F)F)cc2)cn1. The highest BCUT2D eigenvalue weighted by Gasteiger charge is 2.34. The number of halogens is 6. The number of rotatable bonds is 5.